The molecule has 31 heavy (non-hydrogen) atoms. The van der Waals surface area contributed by atoms with Crippen molar-refractivity contribution in [1.29, 1.82) is 0 Å². The molecule has 1 aromatic heterocycles. The number of piperidine rings is 1. The largest absolute Gasteiger partial charge is 0.361 e. The molecule has 1 aliphatic rings. The molecule has 4 rings (SSSR count). The Balaban J connectivity index is 1.59. The molecule has 2 heterocycles. The highest BCUT2D eigenvalue weighted by molar-refractivity contribution is 5.95. The van der Waals surface area contributed by atoms with Crippen molar-refractivity contribution in [2.24, 2.45) is 5.41 Å². The number of rotatable bonds is 6. The lowest BCUT2D eigenvalue weighted by Gasteiger charge is -2.41. The molecular weight excluding hydrogens is 390 g/mol. The predicted octanol–water partition coefficient (Wildman–Crippen LogP) is 3.94. The summed E-state index contributed by atoms with van der Waals surface area (Å²) >= 11 is 0. The zero-order valence-electron chi connectivity index (χ0n) is 17.7. The van der Waals surface area contributed by atoms with Gasteiger partial charge in [-0.25, -0.2) is 0 Å². The van der Waals surface area contributed by atoms with Crippen LogP contribution in [0.4, 0.5) is 0 Å². The topological polar surface area (TPSA) is 75.4 Å². The first-order valence-corrected chi connectivity index (χ1v) is 10.7. The number of carbonyl (C=O) groups is 2. The Morgan fingerprint density at radius 2 is 1.81 bits per heavy atom. The molecular formula is C25H27N3O3. The SMILES string of the molecule is CCNC(=O)C1(Cc2cc(-c3ccccc3)no2)CCCN(C(=O)c2ccccc2)C1. The van der Waals surface area contributed by atoms with Gasteiger partial charge >= 0.3 is 0 Å². The Labute approximate surface area is 182 Å². The third-order valence-corrected chi connectivity index (χ3v) is 5.84. The lowest BCUT2D eigenvalue weighted by atomic mass is 9.75. The highest BCUT2D eigenvalue weighted by atomic mass is 16.5. The van der Waals surface area contributed by atoms with Gasteiger partial charge in [0.1, 0.15) is 11.5 Å². The number of benzene rings is 2. The van der Waals surface area contributed by atoms with Crippen LogP contribution >= 0.6 is 0 Å². The molecule has 2 amide bonds. The smallest absolute Gasteiger partial charge is 0.253 e. The summed E-state index contributed by atoms with van der Waals surface area (Å²) in [5.74, 6) is 0.564. The van der Waals surface area contributed by atoms with Gasteiger partial charge in [-0.15, -0.1) is 0 Å². The number of hydrogen-bond acceptors (Lipinski definition) is 4. The second-order valence-electron chi connectivity index (χ2n) is 8.06. The zero-order valence-corrected chi connectivity index (χ0v) is 17.7. The minimum Gasteiger partial charge on any atom is -0.361 e. The van der Waals surface area contributed by atoms with Crippen LogP contribution in [-0.4, -0.2) is 41.5 Å². The molecule has 160 valence electrons. The van der Waals surface area contributed by atoms with Crippen molar-refractivity contribution in [2.45, 2.75) is 26.2 Å². The second-order valence-corrected chi connectivity index (χ2v) is 8.06. The predicted molar refractivity (Wildman–Crippen MR) is 118 cm³/mol. The van der Waals surface area contributed by atoms with Crippen LogP contribution in [0.15, 0.2) is 71.3 Å². The average molecular weight is 418 g/mol. The Hall–Kier alpha value is -3.41. The normalized spacial score (nSPS) is 18.5. The number of amides is 2. The molecule has 0 aliphatic carbocycles. The molecule has 1 aliphatic heterocycles. The fourth-order valence-electron chi connectivity index (χ4n) is 4.30. The van der Waals surface area contributed by atoms with E-state index in [1.807, 2.05) is 73.7 Å². The number of likely N-dealkylation sites (tertiary alicyclic amines) is 1. The molecule has 0 saturated carbocycles. The van der Waals surface area contributed by atoms with Crippen LogP contribution in [0.3, 0.4) is 0 Å². The lowest BCUT2D eigenvalue weighted by Crippen LogP contribution is -2.54. The maximum atomic E-state index is 13.2. The van der Waals surface area contributed by atoms with E-state index in [1.54, 1.807) is 4.90 Å². The molecule has 1 atom stereocenters. The minimum atomic E-state index is -0.744. The summed E-state index contributed by atoms with van der Waals surface area (Å²) in [4.78, 5) is 28.1. The van der Waals surface area contributed by atoms with Gasteiger partial charge in [-0.05, 0) is 31.9 Å². The molecule has 6 nitrogen and oxygen atoms in total. The first kappa shape index (κ1) is 20.8. The molecule has 6 heteroatoms. The maximum Gasteiger partial charge on any atom is 0.253 e. The van der Waals surface area contributed by atoms with Crippen molar-refractivity contribution >= 4 is 11.8 Å². The standard InChI is InChI=1S/C25H27N3O3/c1-2-26-24(30)25(17-21-16-22(27-31-21)19-10-5-3-6-11-19)14-9-15-28(18-25)23(29)20-12-7-4-8-13-20/h3-8,10-13,16H,2,9,14-15,17-18H2,1H3,(H,26,30). The van der Waals surface area contributed by atoms with Gasteiger partial charge in [0.25, 0.3) is 5.91 Å². The first-order chi connectivity index (χ1) is 15.1. The zero-order chi connectivity index (χ0) is 21.7. The van der Waals surface area contributed by atoms with Crippen LogP contribution in [0.1, 0.15) is 35.9 Å². The summed E-state index contributed by atoms with van der Waals surface area (Å²) in [7, 11) is 0. The van der Waals surface area contributed by atoms with Gasteiger partial charge < -0.3 is 14.7 Å². The van der Waals surface area contributed by atoms with E-state index in [0.717, 1.165) is 17.7 Å². The Kier molecular flexibility index (Phi) is 6.16. The van der Waals surface area contributed by atoms with E-state index in [0.29, 0.717) is 43.8 Å². The monoisotopic (exact) mass is 417 g/mol. The summed E-state index contributed by atoms with van der Waals surface area (Å²) in [6.07, 6.45) is 1.85. The number of hydrogen-bond donors (Lipinski definition) is 1. The molecule has 3 aromatic rings. The van der Waals surface area contributed by atoms with Crippen LogP contribution in [0, 0.1) is 5.41 Å². The Bertz CT molecular complexity index is 1030. The fourth-order valence-corrected chi connectivity index (χ4v) is 4.30. The highest BCUT2D eigenvalue weighted by Crippen LogP contribution is 2.36. The molecule has 2 aromatic carbocycles. The van der Waals surface area contributed by atoms with Gasteiger partial charge in [-0.3, -0.25) is 9.59 Å². The van der Waals surface area contributed by atoms with Crippen LogP contribution < -0.4 is 5.32 Å². The molecule has 0 bridgehead atoms. The minimum absolute atomic E-state index is 0.0433. The van der Waals surface area contributed by atoms with Crippen molar-refractivity contribution in [2.75, 3.05) is 19.6 Å². The van der Waals surface area contributed by atoms with Crippen LogP contribution in [0.5, 0.6) is 0 Å². The molecule has 0 spiro atoms. The number of nitrogens with one attached hydrogen (secondary N) is 1. The Morgan fingerprint density at radius 3 is 2.52 bits per heavy atom. The van der Waals surface area contributed by atoms with E-state index in [1.165, 1.54) is 0 Å². The van der Waals surface area contributed by atoms with Gasteiger partial charge in [0.15, 0.2) is 0 Å². The van der Waals surface area contributed by atoms with Crippen molar-refractivity contribution in [3.63, 3.8) is 0 Å². The molecule has 1 N–H and O–H groups in total. The van der Waals surface area contributed by atoms with Gasteiger partial charge in [-0.1, -0.05) is 53.7 Å². The van der Waals surface area contributed by atoms with Crippen molar-refractivity contribution in [1.82, 2.24) is 15.4 Å². The van der Waals surface area contributed by atoms with Gasteiger partial charge in [0, 0.05) is 43.2 Å². The van der Waals surface area contributed by atoms with Crippen LogP contribution in [0.2, 0.25) is 0 Å². The fraction of sp³-hybridized carbons (Fsp3) is 0.320. The second kappa shape index (κ2) is 9.16. The third kappa shape index (κ3) is 4.53. The van der Waals surface area contributed by atoms with Gasteiger partial charge in [0.2, 0.25) is 5.91 Å². The van der Waals surface area contributed by atoms with E-state index in [-0.39, 0.29) is 11.8 Å². The maximum absolute atomic E-state index is 13.2. The number of carbonyl (C=O) groups excluding carboxylic acids is 2. The first-order valence-electron chi connectivity index (χ1n) is 10.7. The summed E-state index contributed by atoms with van der Waals surface area (Å²) in [5, 5.41) is 7.18. The third-order valence-electron chi connectivity index (χ3n) is 5.84. The van der Waals surface area contributed by atoms with E-state index < -0.39 is 5.41 Å². The summed E-state index contributed by atoms with van der Waals surface area (Å²) in [6, 6.07) is 20.9. The number of aromatic nitrogens is 1. The molecule has 1 saturated heterocycles. The molecule has 1 fully saturated rings. The Morgan fingerprint density at radius 1 is 1.10 bits per heavy atom. The van der Waals surface area contributed by atoms with E-state index >= 15 is 0 Å². The molecule has 0 radical (unpaired) electrons. The summed E-state index contributed by atoms with van der Waals surface area (Å²) in [5.41, 5.74) is 1.61. The van der Waals surface area contributed by atoms with Gasteiger partial charge in [-0.2, -0.15) is 0 Å². The van der Waals surface area contributed by atoms with E-state index in [9.17, 15) is 9.59 Å². The quantitative estimate of drug-likeness (QED) is 0.659. The van der Waals surface area contributed by atoms with E-state index in [2.05, 4.69) is 10.5 Å². The summed E-state index contributed by atoms with van der Waals surface area (Å²) in [6.45, 7) is 3.44. The highest BCUT2D eigenvalue weighted by Gasteiger charge is 2.44. The number of nitrogens with zero attached hydrogens (tertiary/aromatic N) is 2. The molecule has 1 unspecified atom stereocenters. The van der Waals surface area contributed by atoms with Crippen LogP contribution in [-0.2, 0) is 11.2 Å². The van der Waals surface area contributed by atoms with E-state index in [4.69, 9.17) is 4.52 Å². The summed E-state index contributed by atoms with van der Waals surface area (Å²) < 4.78 is 5.62. The van der Waals surface area contributed by atoms with Gasteiger partial charge in [0.05, 0.1) is 5.41 Å². The van der Waals surface area contributed by atoms with Crippen LogP contribution in [0.25, 0.3) is 11.3 Å². The average Bonchev–Trinajstić information content (AvgIpc) is 3.28. The van der Waals surface area contributed by atoms with Crippen molar-refractivity contribution < 1.29 is 14.1 Å². The van der Waals surface area contributed by atoms with Crippen molar-refractivity contribution in [3.8, 4) is 11.3 Å². The lowest BCUT2D eigenvalue weighted by molar-refractivity contribution is -0.133. The van der Waals surface area contributed by atoms with Crippen molar-refractivity contribution in [3.05, 3.63) is 78.1 Å².